The molecule has 0 saturated heterocycles. The average Bonchev–Trinajstić information content (AvgIpc) is 2.85. The lowest BCUT2D eigenvalue weighted by Gasteiger charge is -2.05. The van der Waals surface area contributed by atoms with Crippen LogP contribution in [0.25, 0.3) is 0 Å². The molecule has 0 aliphatic heterocycles. The largest absolute Gasteiger partial charge is 0.360 e. The number of nitrogens with one attached hydrogen (secondary N) is 1. The third-order valence-corrected chi connectivity index (χ3v) is 2.78. The molecule has 2 aromatic rings. The molecule has 0 amide bonds. The molecule has 0 radical (unpaired) electrons. The summed E-state index contributed by atoms with van der Waals surface area (Å²) in [7, 11) is 1.95. The van der Waals surface area contributed by atoms with Gasteiger partial charge in [-0.2, -0.15) is 5.10 Å². The minimum Gasteiger partial charge on any atom is -0.360 e. The first-order valence-electron chi connectivity index (χ1n) is 6.21. The lowest BCUT2D eigenvalue weighted by molar-refractivity contribution is 0.369. The van der Waals surface area contributed by atoms with Crippen molar-refractivity contribution in [3.63, 3.8) is 0 Å². The number of nitrogens with zero attached hydrogens (tertiary/aromatic N) is 3. The second kappa shape index (κ2) is 5.35. The Morgan fingerprint density at radius 2 is 2.17 bits per heavy atom. The summed E-state index contributed by atoms with van der Waals surface area (Å²) in [5, 5.41) is 11.7. The fourth-order valence-corrected chi connectivity index (χ4v) is 2.00. The van der Waals surface area contributed by atoms with E-state index >= 15 is 0 Å². The van der Waals surface area contributed by atoms with E-state index in [-0.39, 0.29) is 0 Å². The van der Waals surface area contributed by atoms with Crippen molar-refractivity contribution in [1.82, 2.24) is 20.3 Å². The van der Waals surface area contributed by atoms with Gasteiger partial charge in [0, 0.05) is 31.4 Å². The SMILES string of the molecule is Cc1cc(CNCc2cn(C)nc2C(C)C)on1. The first-order valence-corrected chi connectivity index (χ1v) is 6.21. The molecule has 18 heavy (non-hydrogen) atoms. The second-order valence-corrected chi connectivity index (χ2v) is 4.91. The summed E-state index contributed by atoms with van der Waals surface area (Å²) in [6.07, 6.45) is 2.06. The molecule has 5 nitrogen and oxygen atoms in total. The van der Waals surface area contributed by atoms with E-state index in [1.165, 1.54) is 5.56 Å². The Labute approximate surface area is 107 Å². The van der Waals surface area contributed by atoms with Crippen molar-refractivity contribution in [2.75, 3.05) is 0 Å². The second-order valence-electron chi connectivity index (χ2n) is 4.91. The van der Waals surface area contributed by atoms with Crippen molar-refractivity contribution in [3.05, 3.63) is 35.0 Å². The van der Waals surface area contributed by atoms with Crippen molar-refractivity contribution in [2.24, 2.45) is 7.05 Å². The molecule has 2 aromatic heterocycles. The number of hydrogen-bond acceptors (Lipinski definition) is 4. The molecular formula is C13H20N4O. The van der Waals surface area contributed by atoms with Crippen molar-refractivity contribution < 1.29 is 4.52 Å². The molecule has 1 N–H and O–H groups in total. The normalized spacial score (nSPS) is 11.4. The zero-order valence-corrected chi connectivity index (χ0v) is 11.4. The maximum Gasteiger partial charge on any atom is 0.150 e. The first kappa shape index (κ1) is 12.8. The minimum absolute atomic E-state index is 0.440. The predicted molar refractivity (Wildman–Crippen MR) is 69.1 cm³/mol. The van der Waals surface area contributed by atoms with Gasteiger partial charge in [-0.25, -0.2) is 0 Å². The van der Waals surface area contributed by atoms with Crippen LogP contribution in [0.15, 0.2) is 16.8 Å². The minimum atomic E-state index is 0.440. The standard InChI is InChI=1S/C13H20N4O/c1-9(2)13-11(8-17(4)15-13)6-14-7-12-5-10(3)16-18-12/h5,8-9,14H,6-7H2,1-4H3. The van der Waals surface area contributed by atoms with Gasteiger partial charge in [0.2, 0.25) is 0 Å². The number of aryl methyl sites for hydroxylation is 2. The van der Waals surface area contributed by atoms with Crippen molar-refractivity contribution in [2.45, 2.75) is 39.8 Å². The van der Waals surface area contributed by atoms with Crippen LogP contribution >= 0.6 is 0 Å². The predicted octanol–water partition coefficient (Wildman–Crippen LogP) is 2.13. The molecule has 0 spiro atoms. The van der Waals surface area contributed by atoms with Gasteiger partial charge in [0.1, 0.15) is 0 Å². The highest BCUT2D eigenvalue weighted by Gasteiger charge is 2.11. The van der Waals surface area contributed by atoms with E-state index in [9.17, 15) is 0 Å². The van der Waals surface area contributed by atoms with E-state index in [4.69, 9.17) is 4.52 Å². The van der Waals surface area contributed by atoms with Gasteiger partial charge in [-0.15, -0.1) is 0 Å². The van der Waals surface area contributed by atoms with Gasteiger partial charge in [-0.05, 0) is 12.8 Å². The highest BCUT2D eigenvalue weighted by atomic mass is 16.5. The van der Waals surface area contributed by atoms with Crippen LogP contribution in [0.1, 0.15) is 42.5 Å². The van der Waals surface area contributed by atoms with Gasteiger partial charge in [-0.3, -0.25) is 4.68 Å². The van der Waals surface area contributed by atoms with Crippen LogP contribution in [0.4, 0.5) is 0 Å². The quantitative estimate of drug-likeness (QED) is 0.880. The van der Waals surface area contributed by atoms with Gasteiger partial charge < -0.3 is 9.84 Å². The fraction of sp³-hybridized carbons (Fsp3) is 0.538. The van der Waals surface area contributed by atoms with E-state index in [1.54, 1.807) is 0 Å². The molecule has 0 aromatic carbocycles. The molecule has 0 aliphatic carbocycles. The van der Waals surface area contributed by atoms with Crippen LogP contribution in [0.2, 0.25) is 0 Å². The van der Waals surface area contributed by atoms with Gasteiger partial charge in [-0.1, -0.05) is 19.0 Å². The van der Waals surface area contributed by atoms with E-state index in [0.29, 0.717) is 12.5 Å². The van der Waals surface area contributed by atoms with E-state index in [0.717, 1.165) is 23.7 Å². The van der Waals surface area contributed by atoms with Crippen molar-refractivity contribution >= 4 is 0 Å². The average molecular weight is 248 g/mol. The summed E-state index contributed by atoms with van der Waals surface area (Å²) in [4.78, 5) is 0. The van der Waals surface area contributed by atoms with Crippen molar-refractivity contribution in [3.8, 4) is 0 Å². The van der Waals surface area contributed by atoms with E-state index in [2.05, 4.69) is 35.6 Å². The third kappa shape index (κ3) is 2.98. The van der Waals surface area contributed by atoms with Gasteiger partial charge >= 0.3 is 0 Å². The third-order valence-electron chi connectivity index (χ3n) is 2.78. The molecule has 98 valence electrons. The summed E-state index contributed by atoms with van der Waals surface area (Å²) in [6.45, 7) is 7.72. The highest BCUT2D eigenvalue weighted by molar-refractivity contribution is 5.20. The number of aromatic nitrogens is 3. The molecule has 0 unspecified atom stereocenters. The van der Waals surface area contributed by atoms with Crippen LogP contribution in [0.5, 0.6) is 0 Å². The summed E-state index contributed by atoms with van der Waals surface area (Å²) in [5.41, 5.74) is 3.30. The molecule has 2 rings (SSSR count). The summed E-state index contributed by atoms with van der Waals surface area (Å²) < 4.78 is 7.02. The molecule has 0 fully saturated rings. The Morgan fingerprint density at radius 1 is 1.39 bits per heavy atom. The Hall–Kier alpha value is -1.62. The van der Waals surface area contributed by atoms with Gasteiger partial charge in [0.05, 0.1) is 17.9 Å². The van der Waals surface area contributed by atoms with Crippen molar-refractivity contribution in [1.29, 1.82) is 0 Å². The molecule has 0 atom stereocenters. The molecule has 0 aliphatic rings. The summed E-state index contributed by atoms with van der Waals surface area (Å²) in [5.74, 6) is 1.30. The Balaban J connectivity index is 1.94. The number of hydrogen-bond donors (Lipinski definition) is 1. The van der Waals surface area contributed by atoms with Crippen LogP contribution in [-0.2, 0) is 20.1 Å². The highest BCUT2D eigenvalue weighted by Crippen LogP contribution is 2.17. The maximum atomic E-state index is 5.15. The Bertz CT molecular complexity index is 513. The fourth-order valence-electron chi connectivity index (χ4n) is 2.00. The van der Waals surface area contributed by atoms with Crippen LogP contribution in [0.3, 0.4) is 0 Å². The smallest absolute Gasteiger partial charge is 0.150 e. The van der Waals surface area contributed by atoms with Gasteiger partial charge in [0.25, 0.3) is 0 Å². The topological polar surface area (TPSA) is 55.9 Å². The van der Waals surface area contributed by atoms with E-state index in [1.807, 2.05) is 24.7 Å². The Kier molecular flexibility index (Phi) is 3.81. The number of rotatable bonds is 5. The Morgan fingerprint density at radius 3 is 2.78 bits per heavy atom. The maximum absolute atomic E-state index is 5.15. The van der Waals surface area contributed by atoms with Crippen LogP contribution in [-0.4, -0.2) is 14.9 Å². The molecular weight excluding hydrogens is 228 g/mol. The monoisotopic (exact) mass is 248 g/mol. The molecule has 2 heterocycles. The molecule has 0 bridgehead atoms. The lowest BCUT2D eigenvalue weighted by Crippen LogP contribution is -2.13. The van der Waals surface area contributed by atoms with Crippen LogP contribution < -0.4 is 5.32 Å². The lowest BCUT2D eigenvalue weighted by atomic mass is 10.1. The van der Waals surface area contributed by atoms with Crippen LogP contribution in [0, 0.1) is 6.92 Å². The summed E-state index contributed by atoms with van der Waals surface area (Å²) >= 11 is 0. The van der Waals surface area contributed by atoms with E-state index < -0.39 is 0 Å². The summed E-state index contributed by atoms with van der Waals surface area (Å²) in [6, 6.07) is 1.94. The molecule has 0 saturated carbocycles. The zero-order valence-electron chi connectivity index (χ0n) is 11.4. The first-order chi connectivity index (χ1) is 8.56. The zero-order chi connectivity index (χ0) is 13.1. The molecule has 5 heteroatoms. The van der Waals surface area contributed by atoms with Gasteiger partial charge in [0.15, 0.2) is 5.76 Å².